The maximum atomic E-state index is 4.63. The molecule has 1 N–H and O–H groups in total. The number of nitrogens with zero attached hydrogens (tertiary/aromatic N) is 1. The molecule has 0 saturated heterocycles. The Balaban J connectivity index is 1.92. The van der Waals surface area contributed by atoms with Crippen LogP contribution < -0.4 is 5.32 Å². The Bertz CT molecular complexity index is 578. The van der Waals surface area contributed by atoms with Crippen LogP contribution in [0.3, 0.4) is 0 Å². The molecule has 3 atom stereocenters. The highest BCUT2D eigenvalue weighted by Gasteiger charge is 2.29. The Kier molecular flexibility index (Phi) is 4.02. The highest BCUT2D eigenvalue weighted by molar-refractivity contribution is 5.78. The SMILES string of the molecule is CCNC(c1cnc2ccccc2c1)C1CCC(C)C1. The van der Waals surface area contributed by atoms with E-state index in [9.17, 15) is 0 Å². The van der Waals surface area contributed by atoms with E-state index in [1.165, 1.54) is 30.2 Å². The standard InChI is InChI=1S/C18H24N2/c1-3-19-18(15-9-8-13(2)10-15)16-11-14-6-4-5-7-17(14)20-12-16/h4-7,11-13,15,18-19H,3,8-10H2,1-2H3. The molecule has 1 aliphatic carbocycles. The summed E-state index contributed by atoms with van der Waals surface area (Å²) in [5, 5.41) is 4.94. The van der Waals surface area contributed by atoms with Gasteiger partial charge in [-0.15, -0.1) is 0 Å². The third kappa shape index (κ3) is 2.71. The molecule has 0 bridgehead atoms. The first-order valence-corrected chi connectivity index (χ1v) is 7.86. The van der Waals surface area contributed by atoms with E-state index >= 15 is 0 Å². The average Bonchev–Trinajstić information content (AvgIpc) is 2.90. The van der Waals surface area contributed by atoms with Gasteiger partial charge < -0.3 is 5.32 Å². The maximum Gasteiger partial charge on any atom is 0.0702 e. The lowest BCUT2D eigenvalue weighted by atomic mass is 9.91. The van der Waals surface area contributed by atoms with E-state index in [2.05, 4.69) is 60.7 Å². The topological polar surface area (TPSA) is 24.9 Å². The molecule has 1 aliphatic rings. The van der Waals surface area contributed by atoms with Gasteiger partial charge in [-0.1, -0.05) is 38.5 Å². The Morgan fingerprint density at radius 1 is 1.30 bits per heavy atom. The second-order valence-corrected chi connectivity index (χ2v) is 6.18. The second kappa shape index (κ2) is 5.92. The summed E-state index contributed by atoms with van der Waals surface area (Å²) in [5.41, 5.74) is 2.44. The van der Waals surface area contributed by atoms with Crippen LogP contribution in [0.2, 0.25) is 0 Å². The van der Waals surface area contributed by atoms with E-state index in [0.29, 0.717) is 6.04 Å². The molecule has 3 rings (SSSR count). The summed E-state index contributed by atoms with van der Waals surface area (Å²) in [6.45, 7) is 5.59. The van der Waals surface area contributed by atoms with E-state index in [4.69, 9.17) is 0 Å². The van der Waals surface area contributed by atoms with Gasteiger partial charge in [0.1, 0.15) is 0 Å². The molecule has 1 saturated carbocycles. The number of fused-ring (bicyclic) bond motifs is 1. The molecule has 0 aliphatic heterocycles. The Morgan fingerprint density at radius 3 is 2.90 bits per heavy atom. The zero-order valence-corrected chi connectivity index (χ0v) is 12.5. The molecule has 1 fully saturated rings. The van der Waals surface area contributed by atoms with Crippen LogP contribution in [0.25, 0.3) is 10.9 Å². The summed E-state index contributed by atoms with van der Waals surface area (Å²) in [5.74, 6) is 1.63. The third-order valence-corrected chi connectivity index (χ3v) is 4.60. The van der Waals surface area contributed by atoms with E-state index in [1.54, 1.807) is 0 Å². The Morgan fingerprint density at radius 2 is 2.15 bits per heavy atom. The van der Waals surface area contributed by atoms with Gasteiger partial charge >= 0.3 is 0 Å². The zero-order chi connectivity index (χ0) is 13.9. The fourth-order valence-electron chi connectivity index (χ4n) is 3.59. The van der Waals surface area contributed by atoms with Gasteiger partial charge in [-0.25, -0.2) is 0 Å². The molecule has 3 unspecified atom stereocenters. The number of pyridine rings is 1. The van der Waals surface area contributed by atoms with Crippen molar-refractivity contribution in [2.75, 3.05) is 6.54 Å². The lowest BCUT2D eigenvalue weighted by molar-refractivity contribution is 0.364. The maximum absolute atomic E-state index is 4.63. The summed E-state index contributed by atoms with van der Waals surface area (Å²) in [6, 6.07) is 11.2. The van der Waals surface area contributed by atoms with Crippen LogP contribution in [0.1, 0.15) is 44.7 Å². The van der Waals surface area contributed by atoms with Crippen LogP contribution in [-0.2, 0) is 0 Å². The molecule has 0 amide bonds. The van der Waals surface area contributed by atoms with E-state index in [0.717, 1.165) is 23.9 Å². The number of rotatable bonds is 4. The number of aromatic nitrogens is 1. The van der Waals surface area contributed by atoms with Gasteiger partial charge in [0.25, 0.3) is 0 Å². The summed E-state index contributed by atoms with van der Waals surface area (Å²) < 4.78 is 0. The van der Waals surface area contributed by atoms with Crippen LogP contribution in [0.15, 0.2) is 36.5 Å². The number of hydrogen-bond acceptors (Lipinski definition) is 2. The van der Waals surface area contributed by atoms with Crippen molar-refractivity contribution in [2.45, 2.75) is 39.2 Å². The molecule has 2 heteroatoms. The minimum Gasteiger partial charge on any atom is -0.310 e. The zero-order valence-electron chi connectivity index (χ0n) is 12.5. The number of hydrogen-bond donors (Lipinski definition) is 1. The second-order valence-electron chi connectivity index (χ2n) is 6.18. The van der Waals surface area contributed by atoms with Crippen molar-refractivity contribution in [3.63, 3.8) is 0 Å². The summed E-state index contributed by atoms with van der Waals surface area (Å²) >= 11 is 0. The molecule has 1 heterocycles. The van der Waals surface area contributed by atoms with Gasteiger partial charge in [-0.05, 0) is 48.9 Å². The van der Waals surface area contributed by atoms with Crippen molar-refractivity contribution in [2.24, 2.45) is 11.8 Å². The third-order valence-electron chi connectivity index (χ3n) is 4.60. The van der Waals surface area contributed by atoms with Crippen molar-refractivity contribution < 1.29 is 0 Å². The summed E-state index contributed by atoms with van der Waals surface area (Å²) in [6.07, 6.45) is 6.11. The van der Waals surface area contributed by atoms with Crippen LogP contribution in [0.5, 0.6) is 0 Å². The normalized spacial score (nSPS) is 24.1. The van der Waals surface area contributed by atoms with Crippen molar-refractivity contribution in [1.82, 2.24) is 10.3 Å². The summed E-state index contributed by atoms with van der Waals surface area (Å²) in [4.78, 5) is 4.63. The van der Waals surface area contributed by atoms with Crippen molar-refractivity contribution >= 4 is 10.9 Å². The molecule has 2 nitrogen and oxygen atoms in total. The number of nitrogens with one attached hydrogen (secondary N) is 1. The quantitative estimate of drug-likeness (QED) is 0.893. The predicted octanol–water partition coefficient (Wildman–Crippen LogP) is 4.32. The minimum atomic E-state index is 0.460. The first-order chi connectivity index (χ1) is 9.78. The van der Waals surface area contributed by atoms with E-state index < -0.39 is 0 Å². The first-order valence-electron chi connectivity index (χ1n) is 7.86. The molecule has 2 aromatic rings. The van der Waals surface area contributed by atoms with Crippen molar-refractivity contribution in [3.05, 3.63) is 42.1 Å². The molecule has 106 valence electrons. The van der Waals surface area contributed by atoms with Crippen molar-refractivity contribution in [1.29, 1.82) is 0 Å². The van der Waals surface area contributed by atoms with Crippen molar-refractivity contribution in [3.8, 4) is 0 Å². The minimum absolute atomic E-state index is 0.460. The molecule has 0 radical (unpaired) electrons. The highest BCUT2D eigenvalue weighted by Crippen LogP contribution is 2.39. The number of para-hydroxylation sites is 1. The molecule has 0 spiro atoms. The van der Waals surface area contributed by atoms with Gasteiger partial charge in [0.05, 0.1) is 5.52 Å². The van der Waals surface area contributed by atoms with Gasteiger partial charge in [-0.2, -0.15) is 0 Å². The largest absolute Gasteiger partial charge is 0.310 e. The molecular formula is C18H24N2. The smallest absolute Gasteiger partial charge is 0.0702 e. The van der Waals surface area contributed by atoms with Gasteiger partial charge in [-0.3, -0.25) is 4.98 Å². The van der Waals surface area contributed by atoms with Crippen LogP contribution in [0.4, 0.5) is 0 Å². The number of benzene rings is 1. The Hall–Kier alpha value is -1.41. The molecular weight excluding hydrogens is 244 g/mol. The Labute approximate surface area is 121 Å². The lowest BCUT2D eigenvalue weighted by Gasteiger charge is -2.25. The molecule has 1 aromatic heterocycles. The van der Waals surface area contributed by atoms with E-state index in [1.807, 2.05) is 0 Å². The fourth-order valence-corrected chi connectivity index (χ4v) is 3.59. The lowest BCUT2D eigenvalue weighted by Crippen LogP contribution is -2.27. The van der Waals surface area contributed by atoms with Crippen LogP contribution >= 0.6 is 0 Å². The van der Waals surface area contributed by atoms with Gasteiger partial charge in [0, 0.05) is 17.6 Å². The van der Waals surface area contributed by atoms with Crippen LogP contribution in [0, 0.1) is 11.8 Å². The van der Waals surface area contributed by atoms with E-state index in [-0.39, 0.29) is 0 Å². The highest BCUT2D eigenvalue weighted by atomic mass is 14.9. The average molecular weight is 268 g/mol. The van der Waals surface area contributed by atoms with Gasteiger partial charge in [0.15, 0.2) is 0 Å². The van der Waals surface area contributed by atoms with Crippen LogP contribution in [-0.4, -0.2) is 11.5 Å². The summed E-state index contributed by atoms with van der Waals surface area (Å²) in [7, 11) is 0. The monoisotopic (exact) mass is 268 g/mol. The fraction of sp³-hybridized carbons (Fsp3) is 0.500. The molecule has 20 heavy (non-hydrogen) atoms. The van der Waals surface area contributed by atoms with Gasteiger partial charge in [0.2, 0.25) is 0 Å². The molecule has 1 aromatic carbocycles. The first kappa shape index (κ1) is 13.6. The predicted molar refractivity (Wildman–Crippen MR) is 84.7 cm³/mol.